The Morgan fingerprint density at radius 1 is 1.13 bits per heavy atom. The second-order valence-electron chi connectivity index (χ2n) is 8.53. The predicted molar refractivity (Wildman–Crippen MR) is 97.2 cm³/mol. The van der Waals surface area contributed by atoms with Crippen LogP contribution in [-0.2, 0) is 9.53 Å². The van der Waals surface area contributed by atoms with Gasteiger partial charge in [-0.1, -0.05) is 33.6 Å². The van der Waals surface area contributed by atoms with Gasteiger partial charge in [0, 0.05) is 11.8 Å². The summed E-state index contributed by atoms with van der Waals surface area (Å²) in [6.45, 7) is 11.8. The molecule has 1 fully saturated rings. The molecule has 1 aliphatic heterocycles. The molecule has 136 valence electrons. The van der Waals surface area contributed by atoms with Crippen LogP contribution >= 0.6 is 0 Å². The van der Waals surface area contributed by atoms with Gasteiger partial charge >= 0.3 is 5.97 Å². The van der Waals surface area contributed by atoms with Crippen molar-refractivity contribution in [2.24, 2.45) is 17.3 Å². The molecule has 0 aromatic heterocycles. The molecule has 1 heterocycles. The third kappa shape index (κ3) is 6.10. The first-order valence-corrected chi connectivity index (χ1v) is 9.77. The van der Waals surface area contributed by atoms with E-state index < -0.39 is 0 Å². The highest BCUT2D eigenvalue weighted by atomic mass is 16.5. The van der Waals surface area contributed by atoms with E-state index in [-0.39, 0.29) is 11.4 Å². The van der Waals surface area contributed by atoms with Gasteiger partial charge in [0.05, 0.1) is 39.2 Å². The number of carbonyl (C=O) groups is 1. The summed E-state index contributed by atoms with van der Waals surface area (Å²) >= 11 is 0. The Kier molecular flexibility index (Phi) is 8.06. The van der Waals surface area contributed by atoms with Gasteiger partial charge in [0.25, 0.3) is 0 Å². The molecule has 3 atom stereocenters. The van der Waals surface area contributed by atoms with Gasteiger partial charge < -0.3 is 9.22 Å². The Morgan fingerprint density at radius 2 is 1.78 bits per heavy atom. The van der Waals surface area contributed by atoms with Crippen LogP contribution in [0.15, 0.2) is 0 Å². The van der Waals surface area contributed by atoms with Crippen molar-refractivity contribution in [2.45, 2.75) is 72.6 Å². The highest BCUT2D eigenvalue weighted by Crippen LogP contribution is 2.36. The van der Waals surface area contributed by atoms with Crippen LogP contribution in [0.1, 0.15) is 72.6 Å². The average molecular weight is 327 g/mol. The fraction of sp³-hybridized carbons (Fsp3) is 0.950. The molecule has 0 amide bonds. The molecule has 3 heteroatoms. The summed E-state index contributed by atoms with van der Waals surface area (Å²) in [7, 11) is 4.70. The number of nitrogens with zero attached hydrogens (tertiary/aromatic N) is 1. The quantitative estimate of drug-likeness (QED) is 0.332. The highest BCUT2D eigenvalue weighted by Gasteiger charge is 2.39. The molecule has 0 aromatic rings. The number of likely N-dealkylation sites (tertiary alicyclic amines) is 1. The first kappa shape index (κ1) is 20.5. The van der Waals surface area contributed by atoms with Crippen molar-refractivity contribution in [2.75, 3.05) is 33.8 Å². The molecule has 0 aromatic carbocycles. The summed E-state index contributed by atoms with van der Waals surface area (Å²) in [5, 5.41) is 0. The monoisotopic (exact) mass is 326 g/mol. The molecule has 0 N–H and O–H groups in total. The summed E-state index contributed by atoms with van der Waals surface area (Å²) in [6.07, 6.45) is 7.59. The lowest BCUT2D eigenvalue weighted by Gasteiger charge is -2.27. The van der Waals surface area contributed by atoms with Gasteiger partial charge in [0.2, 0.25) is 0 Å². The SMILES string of the molecule is CCCCOC(=O)C(C)(CC)CCCC1C[N+](C)(C)CC1CC. The van der Waals surface area contributed by atoms with Crippen LogP contribution < -0.4 is 0 Å². The standard InChI is InChI=1S/C20H40NO2/c1-7-10-14-23-19(22)20(4,9-3)13-11-12-18-16-21(5,6)15-17(18)8-2/h17-18H,7-16H2,1-6H3/q+1. The number of hydrogen-bond donors (Lipinski definition) is 0. The molecule has 0 aliphatic carbocycles. The second-order valence-corrected chi connectivity index (χ2v) is 8.53. The van der Waals surface area contributed by atoms with Crippen LogP contribution in [0.3, 0.4) is 0 Å². The third-order valence-corrected chi connectivity index (χ3v) is 5.96. The maximum absolute atomic E-state index is 12.4. The lowest BCUT2D eigenvalue weighted by molar-refractivity contribution is -0.880. The molecular formula is C20H40NO2+. The molecule has 0 spiro atoms. The summed E-state index contributed by atoms with van der Waals surface area (Å²) in [5.41, 5.74) is -0.293. The summed E-state index contributed by atoms with van der Waals surface area (Å²) in [4.78, 5) is 12.4. The second kappa shape index (κ2) is 9.05. The number of esters is 1. The van der Waals surface area contributed by atoms with E-state index in [0.29, 0.717) is 6.61 Å². The van der Waals surface area contributed by atoms with E-state index in [9.17, 15) is 4.79 Å². The fourth-order valence-electron chi connectivity index (χ4n) is 4.09. The number of quaternary nitrogens is 1. The molecule has 1 rings (SSSR count). The van der Waals surface area contributed by atoms with Gasteiger partial charge in [0.1, 0.15) is 0 Å². The normalized spacial score (nSPS) is 26.0. The minimum Gasteiger partial charge on any atom is -0.465 e. The van der Waals surface area contributed by atoms with Crippen molar-refractivity contribution in [3.63, 3.8) is 0 Å². The highest BCUT2D eigenvalue weighted by molar-refractivity contribution is 5.76. The molecule has 1 saturated heterocycles. The van der Waals surface area contributed by atoms with Crippen molar-refractivity contribution in [3.05, 3.63) is 0 Å². The summed E-state index contributed by atoms with van der Waals surface area (Å²) < 4.78 is 6.65. The van der Waals surface area contributed by atoms with Crippen molar-refractivity contribution < 1.29 is 14.0 Å². The fourth-order valence-corrected chi connectivity index (χ4v) is 4.09. The van der Waals surface area contributed by atoms with E-state index >= 15 is 0 Å². The van der Waals surface area contributed by atoms with Crippen LogP contribution in [0, 0.1) is 17.3 Å². The Balaban J connectivity index is 2.46. The van der Waals surface area contributed by atoms with Gasteiger partial charge in [-0.05, 0) is 39.0 Å². The summed E-state index contributed by atoms with van der Waals surface area (Å²) in [6, 6.07) is 0. The van der Waals surface area contributed by atoms with E-state index in [0.717, 1.165) is 48.4 Å². The molecule has 0 radical (unpaired) electrons. The van der Waals surface area contributed by atoms with Crippen molar-refractivity contribution in [3.8, 4) is 0 Å². The van der Waals surface area contributed by atoms with E-state index in [1.54, 1.807) is 0 Å². The maximum atomic E-state index is 12.4. The average Bonchev–Trinajstić information content (AvgIpc) is 2.81. The Hall–Kier alpha value is -0.570. The number of ether oxygens (including phenoxy) is 1. The minimum absolute atomic E-state index is 0.0167. The Morgan fingerprint density at radius 3 is 2.35 bits per heavy atom. The lowest BCUT2D eigenvalue weighted by Crippen LogP contribution is -2.37. The first-order valence-electron chi connectivity index (χ1n) is 9.77. The molecular weight excluding hydrogens is 286 g/mol. The van der Waals surface area contributed by atoms with E-state index in [2.05, 4.69) is 41.8 Å². The van der Waals surface area contributed by atoms with E-state index in [4.69, 9.17) is 4.74 Å². The molecule has 3 unspecified atom stereocenters. The number of rotatable bonds is 10. The molecule has 3 nitrogen and oxygen atoms in total. The van der Waals surface area contributed by atoms with Gasteiger partial charge in [-0.25, -0.2) is 0 Å². The van der Waals surface area contributed by atoms with Gasteiger partial charge in [-0.3, -0.25) is 4.79 Å². The largest absolute Gasteiger partial charge is 0.465 e. The molecule has 0 saturated carbocycles. The van der Waals surface area contributed by atoms with Crippen molar-refractivity contribution in [1.29, 1.82) is 0 Å². The molecule has 1 aliphatic rings. The van der Waals surface area contributed by atoms with E-state index in [1.165, 1.54) is 25.9 Å². The van der Waals surface area contributed by atoms with Crippen LogP contribution in [0.25, 0.3) is 0 Å². The molecule has 23 heavy (non-hydrogen) atoms. The van der Waals surface area contributed by atoms with Crippen LogP contribution in [0.4, 0.5) is 0 Å². The third-order valence-electron chi connectivity index (χ3n) is 5.96. The molecule has 0 bridgehead atoms. The maximum Gasteiger partial charge on any atom is 0.311 e. The Labute approximate surface area is 144 Å². The zero-order chi connectivity index (χ0) is 17.5. The lowest BCUT2D eigenvalue weighted by atomic mass is 9.80. The smallest absolute Gasteiger partial charge is 0.311 e. The predicted octanol–water partition coefficient (Wildman–Crippen LogP) is 4.65. The van der Waals surface area contributed by atoms with Gasteiger partial charge in [-0.2, -0.15) is 0 Å². The van der Waals surface area contributed by atoms with Gasteiger partial charge in [0.15, 0.2) is 0 Å². The van der Waals surface area contributed by atoms with Crippen LogP contribution in [-0.4, -0.2) is 44.2 Å². The zero-order valence-electron chi connectivity index (χ0n) is 16.5. The topological polar surface area (TPSA) is 26.3 Å². The van der Waals surface area contributed by atoms with Crippen molar-refractivity contribution in [1.82, 2.24) is 0 Å². The number of carbonyl (C=O) groups excluding carboxylic acids is 1. The minimum atomic E-state index is -0.293. The zero-order valence-corrected chi connectivity index (χ0v) is 16.5. The first-order chi connectivity index (χ1) is 10.8. The van der Waals surface area contributed by atoms with E-state index in [1.807, 2.05) is 0 Å². The summed E-state index contributed by atoms with van der Waals surface area (Å²) in [5.74, 6) is 1.70. The van der Waals surface area contributed by atoms with Crippen molar-refractivity contribution >= 4 is 5.97 Å². The van der Waals surface area contributed by atoms with Crippen LogP contribution in [0.5, 0.6) is 0 Å². The Bertz CT molecular complexity index is 367. The van der Waals surface area contributed by atoms with Gasteiger partial charge in [-0.15, -0.1) is 0 Å². The number of unbranched alkanes of at least 4 members (excludes halogenated alkanes) is 1. The number of hydrogen-bond acceptors (Lipinski definition) is 2. The van der Waals surface area contributed by atoms with Crippen LogP contribution in [0.2, 0.25) is 0 Å².